The molecule has 1 aliphatic heterocycles. The first kappa shape index (κ1) is 16.6. The Hall–Kier alpha value is -1.73. The smallest absolute Gasteiger partial charge is 0.254 e. The van der Waals surface area contributed by atoms with Crippen LogP contribution < -0.4 is 10.6 Å². The minimum atomic E-state index is -0.272. The molecule has 0 spiro atoms. The third-order valence-corrected chi connectivity index (χ3v) is 3.22. The van der Waals surface area contributed by atoms with Crippen molar-refractivity contribution in [3.63, 3.8) is 0 Å². The summed E-state index contributed by atoms with van der Waals surface area (Å²) < 4.78 is 5.31. The van der Waals surface area contributed by atoms with Gasteiger partial charge < -0.3 is 15.4 Å². The summed E-state index contributed by atoms with van der Waals surface area (Å²) in [5, 5.41) is 6.05. The van der Waals surface area contributed by atoms with E-state index < -0.39 is 0 Å². The fourth-order valence-corrected chi connectivity index (χ4v) is 2.10. The fraction of sp³-hybridized carbons (Fsp3) is 0.667. The summed E-state index contributed by atoms with van der Waals surface area (Å²) in [5.74, 6) is 0.382. The standard InChI is InChI=1S/C15H25N5O2/c1-15(2,3)19-13(21)12-10-17-14(18-11-12)16-4-5-20-6-8-22-9-7-20/h10-11H,4-9H2,1-3H3,(H,19,21)(H,16,17,18). The van der Waals surface area contributed by atoms with Gasteiger partial charge in [-0.05, 0) is 20.8 Å². The summed E-state index contributed by atoms with van der Waals surface area (Å²) in [6.45, 7) is 11.0. The normalized spacial score (nSPS) is 16.3. The van der Waals surface area contributed by atoms with Crippen LogP contribution in [-0.4, -0.2) is 65.7 Å². The number of hydrogen-bond acceptors (Lipinski definition) is 6. The lowest BCUT2D eigenvalue weighted by Crippen LogP contribution is -2.40. The molecule has 0 saturated carbocycles. The van der Waals surface area contributed by atoms with Crippen LogP contribution >= 0.6 is 0 Å². The Bertz CT molecular complexity index is 478. The van der Waals surface area contributed by atoms with Crippen LogP contribution in [0.5, 0.6) is 0 Å². The first-order valence-corrected chi connectivity index (χ1v) is 7.62. The summed E-state index contributed by atoms with van der Waals surface area (Å²) >= 11 is 0. The molecule has 0 unspecified atom stereocenters. The van der Waals surface area contributed by atoms with Crippen molar-refractivity contribution in [2.75, 3.05) is 44.7 Å². The molecule has 2 heterocycles. The summed E-state index contributed by atoms with van der Waals surface area (Å²) in [5.41, 5.74) is 0.195. The van der Waals surface area contributed by atoms with Gasteiger partial charge in [-0.15, -0.1) is 0 Å². The molecular weight excluding hydrogens is 282 g/mol. The Morgan fingerprint density at radius 3 is 2.50 bits per heavy atom. The van der Waals surface area contributed by atoms with E-state index in [-0.39, 0.29) is 11.4 Å². The zero-order chi connectivity index (χ0) is 16.0. The topological polar surface area (TPSA) is 79.4 Å². The highest BCUT2D eigenvalue weighted by molar-refractivity contribution is 5.94. The van der Waals surface area contributed by atoms with Crippen molar-refractivity contribution in [1.29, 1.82) is 0 Å². The lowest BCUT2D eigenvalue weighted by atomic mass is 10.1. The van der Waals surface area contributed by atoms with Gasteiger partial charge in [0.15, 0.2) is 0 Å². The molecule has 1 fully saturated rings. The average molecular weight is 307 g/mol. The van der Waals surface area contributed by atoms with E-state index in [1.165, 1.54) is 0 Å². The Labute approximate surface area is 131 Å². The Kier molecular flexibility index (Phi) is 5.68. The van der Waals surface area contributed by atoms with Crippen molar-refractivity contribution >= 4 is 11.9 Å². The van der Waals surface area contributed by atoms with E-state index in [1.807, 2.05) is 20.8 Å². The number of rotatable bonds is 5. The first-order chi connectivity index (χ1) is 10.4. The van der Waals surface area contributed by atoms with Gasteiger partial charge in [-0.1, -0.05) is 0 Å². The number of nitrogens with one attached hydrogen (secondary N) is 2. The molecule has 2 N–H and O–H groups in total. The van der Waals surface area contributed by atoms with Gasteiger partial charge in [0.1, 0.15) is 0 Å². The van der Waals surface area contributed by atoms with E-state index >= 15 is 0 Å². The number of carbonyl (C=O) groups is 1. The molecule has 1 aromatic heterocycles. The maximum Gasteiger partial charge on any atom is 0.254 e. The number of nitrogens with zero attached hydrogens (tertiary/aromatic N) is 3. The molecular formula is C15H25N5O2. The van der Waals surface area contributed by atoms with Crippen LogP contribution in [0.2, 0.25) is 0 Å². The van der Waals surface area contributed by atoms with Crippen molar-refractivity contribution in [2.45, 2.75) is 26.3 Å². The molecule has 7 nitrogen and oxygen atoms in total. The molecule has 0 atom stereocenters. The van der Waals surface area contributed by atoms with Crippen LogP contribution in [0.25, 0.3) is 0 Å². The zero-order valence-corrected chi connectivity index (χ0v) is 13.6. The predicted octanol–water partition coefficient (Wildman–Crippen LogP) is 0.749. The lowest BCUT2D eigenvalue weighted by Gasteiger charge is -2.26. The van der Waals surface area contributed by atoms with Crippen LogP contribution in [0.3, 0.4) is 0 Å². The quantitative estimate of drug-likeness (QED) is 0.836. The second-order valence-electron chi connectivity index (χ2n) is 6.38. The van der Waals surface area contributed by atoms with E-state index in [9.17, 15) is 4.79 Å². The van der Waals surface area contributed by atoms with Crippen LogP contribution in [-0.2, 0) is 4.74 Å². The van der Waals surface area contributed by atoms with Gasteiger partial charge in [-0.25, -0.2) is 9.97 Å². The molecule has 122 valence electrons. The van der Waals surface area contributed by atoms with Gasteiger partial charge in [0, 0.05) is 44.1 Å². The number of aromatic nitrogens is 2. The third kappa shape index (κ3) is 5.57. The largest absolute Gasteiger partial charge is 0.379 e. The Morgan fingerprint density at radius 2 is 1.91 bits per heavy atom. The number of hydrogen-bond donors (Lipinski definition) is 2. The molecule has 1 aliphatic rings. The van der Waals surface area contributed by atoms with Gasteiger partial charge in [-0.2, -0.15) is 0 Å². The van der Waals surface area contributed by atoms with E-state index in [2.05, 4.69) is 25.5 Å². The number of carbonyl (C=O) groups excluding carboxylic acids is 1. The van der Waals surface area contributed by atoms with Gasteiger partial charge in [0.05, 0.1) is 18.8 Å². The number of morpholine rings is 1. The summed E-state index contributed by atoms with van der Waals surface area (Å²) in [4.78, 5) is 22.7. The SMILES string of the molecule is CC(C)(C)NC(=O)c1cnc(NCCN2CCOCC2)nc1. The molecule has 0 aromatic carbocycles. The highest BCUT2D eigenvalue weighted by Crippen LogP contribution is 2.05. The monoisotopic (exact) mass is 307 g/mol. The summed E-state index contributed by atoms with van der Waals surface area (Å²) in [6, 6.07) is 0. The summed E-state index contributed by atoms with van der Waals surface area (Å²) in [7, 11) is 0. The molecule has 22 heavy (non-hydrogen) atoms. The van der Waals surface area contributed by atoms with Crippen molar-refractivity contribution < 1.29 is 9.53 Å². The number of amides is 1. The van der Waals surface area contributed by atoms with Gasteiger partial charge in [-0.3, -0.25) is 9.69 Å². The van der Waals surface area contributed by atoms with E-state index in [0.29, 0.717) is 11.5 Å². The van der Waals surface area contributed by atoms with E-state index in [1.54, 1.807) is 12.4 Å². The van der Waals surface area contributed by atoms with Crippen LogP contribution in [0.4, 0.5) is 5.95 Å². The molecule has 0 radical (unpaired) electrons. The fourth-order valence-electron chi connectivity index (χ4n) is 2.10. The Morgan fingerprint density at radius 1 is 1.27 bits per heavy atom. The first-order valence-electron chi connectivity index (χ1n) is 7.62. The van der Waals surface area contributed by atoms with Gasteiger partial charge in [0.2, 0.25) is 5.95 Å². The summed E-state index contributed by atoms with van der Waals surface area (Å²) in [6.07, 6.45) is 3.09. The third-order valence-electron chi connectivity index (χ3n) is 3.22. The van der Waals surface area contributed by atoms with Gasteiger partial charge in [0.25, 0.3) is 5.91 Å². The molecule has 1 aromatic rings. The maximum absolute atomic E-state index is 12.0. The van der Waals surface area contributed by atoms with Crippen molar-refractivity contribution in [3.8, 4) is 0 Å². The number of anilines is 1. The molecule has 1 amide bonds. The van der Waals surface area contributed by atoms with E-state index in [4.69, 9.17) is 4.74 Å². The minimum absolute atomic E-state index is 0.160. The molecule has 0 bridgehead atoms. The second-order valence-corrected chi connectivity index (χ2v) is 6.38. The molecule has 2 rings (SSSR count). The minimum Gasteiger partial charge on any atom is -0.379 e. The van der Waals surface area contributed by atoms with Crippen molar-refractivity contribution in [2.24, 2.45) is 0 Å². The maximum atomic E-state index is 12.0. The zero-order valence-electron chi connectivity index (χ0n) is 13.6. The van der Waals surface area contributed by atoms with Crippen LogP contribution in [0, 0.1) is 0 Å². The highest BCUT2D eigenvalue weighted by Gasteiger charge is 2.16. The van der Waals surface area contributed by atoms with Crippen LogP contribution in [0.15, 0.2) is 12.4 Å². The molecule has 0 aliphatic carbocycles. The van der Waals surface area contributed by atoms with Crippen molar-refractivity contribution in [3.05, 3.63) is 18.0 Å². The second kappa shape index (κ2) is 7.51. The molecule has 1 saturated heterocycles. The highest BCUT2D eigenvalue weighted by atomic mass is 16.5. The number of ether oxygens (including phenoxy) is 1. The van der Waals surface area contributed by atoms with Crippen molar-refractivity contribution in [1.82, 2.24) is 20.2 Å². The Balaban J connectivity index is 1.77. The van der Waals surface area contributed by atoms with Crippen LogP contribution in [0.1, 0.15) is 31.1 Å². The van der Waals surface area contributed by atoms with E-state index in [0.717, 1.165) is 39.4 Å². The lowest BCUT2D eigenvalue weighted by molar-refractivity contribution is 0.0398. The molecule has 7 heteroatoms. The average Bonchev–Trinajstić information content (AvgIpc) is 2.47. The van der Waals surface area contributed by atoms with Gasteiger partial charge >= 0.3 is 0 Å². The predicted molar refractivity (Wildman–Crippen MR) is 85.0 cm³/mol.